The van der Waals surface area contributed by atoms with Gasteiger partial charge in [-0.2, -0.15) is 0 Å². The number of likely N-dealkylation sites (tertiary alicyclic amines) is 1. The summed E-state index contributed by atoms with van der Waals surface area (Å²) in [5.41, 5.74) is -0.0950. The molecule has 2 unspecified atom stereocenters. The quantitative estimate of drug-likeness (QED) is 0.684. The molecule has 5 heteroatoms. The van der Waals surface area contributed by atoms with Crippen molar-refractivity contribution < 1.29 is 14.3 Å². The molecule has 0 spiro atoms. The summed E-state index contributed by atoms with van der Waals surface area (Å²) < 4.78 is 10.8. The molecular formula is C15H30N2O3. The van der Waals surface area contributed by atoms with Crippen LogP contribution in [0.1, 0.15) is 40.0 Å². The Balaban J connectivity index is 2.56. The van der Waals surface area contributed by atoms with Crippen LogP contribution in [-0.2, 0) is 14.3 Å². The number of hydrogen-bond acceptors (Lipinski definition) is 5. The first kappa shape index (κ1) is 17.4. The lowest BCUT2D eigenvalue weighted by atomic mass is 9.94. The van der Waals surface area contributed by atoms with Crippen molar-refractivity contribution in [2.45, 2.75) is 51.7 Å². The van der Waals surface area contributed by atoms with Crippen molar-refractivity contribution in [2.75, 3.05) is 39.9 Å². The third-order valence-electron chi connectivity index (χ3n) is 3.88. The predicted octanol–water partition coefficient (Wildman–Crippen LogP) is 1.42. The molecule has 2 atom stereocenters. The maximum Gasteiger partial charge on any atom is 0.324 e. The fraction of sp³-hybridized carbons (Fsp3) is 0.933. The molecule has 1 heterocycles. The van der Waals surface area contributed by atoms with Gasteiger partial charge in [0.25, 0.3) is 0 Å². The summed E-state index contributed by atoms with van der Waals surface area (Å²) in [5.74, 6) is -0.148. The maximum absolute atomic E-state index is 12.0. The number of esters is 1. The topological polar surface area (TPSA) is 50.8 Å². The van der Waals surface area contributed by atoms with E-state index >= 15 is 0 Å². The van der Waals surface area contributed by atoms with Crippen molar-refractivity contribution in [3.63, 3.8) is 0 Å². The van der Waals surface area contributed by atoms with Crippen molar-refractivity contribution in [3.05, 3.63) is 0 Å². The van der Waals surface area contributed by atoms with E-state index in [0.717, 1.165) is 38.9 Å². The van der Waals surface area contributed by atoms with Crippen molar-refractivity contribution in [3.8, 4) is 0 Å². The minimum atomic E-state index is -0.242. The molecule has 1 aliphatic heterocycles. The van der Waals surface area contributed by atoms with Crippen molar-refractivity contribution >= 4 is 5.97 Å². The summed E-state index contributed by atoms with van der Waals surface area (Å²) in [6.07, 6.45) is 3.19. The highest BCUT2D eigenvalue weighted by molar-refractivity contribution is 5.76. The first-order valence-corrected chi connectivity index (χ1v) is 7.72. The van der Waals surface area contributed by atoms with Gasteiger partial charge < -0.3 is 14.8 Å². The minimum absolute atomic E-state index is 0.0950. The molecule has 20 heavy (non-hydrogen) atoms. The van der Waals surface area contributed by atoms with E-state index in [4.69, 9.17) is 9.47 Å². The van der Waals surface area contributed by atoms with Gasteiger partial charge >= 0.3 is 5.97 Å². The lowest BCUT2D eigenvalue weighted by Crippen LogP contribution is -2.53. The molecule has 118 valence electrons. The van der Waals surface area contributed by atoms with E-state index in [1.165, 1.54) is 0 Å². The van der Waals surface area contributed by atoms with Crippen LogP contribution in [-0.4, -0.2) is 62.4 Å². The van der Waals surface area contributed by atoms with E-state index in [0.29, 0.717) is 13.2 Å². The fourth-order valence-corrected chi connectivity index (χ4v) is 2.67. The maximum atomic E-state index is 12.0. The Hall–Kier alpha value is -0.650. The lowest BCUT2D eigenvalue weighted by molar-refractivity contribution is -0.146. The smallest absolute Gasteiger partial charge is 0.324 e. The Morgan fingerprint density at radius 1 is 1.45 bits per heavy atom. The number of nitrogens with one attached hydrogen (secondary N) is 1. The van der Waals surface area contributed by atoms with Gasteiger partial charge in [-0.05, 0) is 46.2 Å². The lowest BCUT2D eigenvalue weighted by Gasteiger charge is -2.40. The second-order valence-corrected chi connectivity index (χ2v) is 5.75. The van der Waals surface area contributed by atoms with Gasteiger partial charge in [-0.1, -0.05) is 6.92 Å². The first-order chi connectivity index (χ1) is 9.54. The van der Waals surface area contributed by atoms with Crippen LogP contribution in [0.5, 0.6) is 0 Å². The van der Waals surface area contributed by atoms with Gasteiger partial charge in [-0.3, -0.25) is 9.69 Å². The molecule has 0 aromatic carbocycles. The van der Waals surface area contributed by atoms with Crippen LogP contribution >= 0.6 is 0 Å². The average molecular weight is 286 g/mol. The molecule has 0 saturated carbocycles. The Bertz CT molecular complexity index is 299. The molecule has 0 radical (unpaired) electrons. The second-order valence-electron chi connectivity index (χ2n) is 5.75. The van der Waals surface area contributed by atoms with Gasteiger partial charge in [0, 0.05) is 20.2 Å². The third kappa shape index (κ3) is 5.38. The van der Waals surface area contributed by atoms with E-state index in [1.807, 2.05) is 6.92 Å². The number of piperidine rings is 1. The standard InChI is InChI=1S/C15H30N2O3/c1-5-9-16-13(14(18)20-6-2)11-17-10-7-8-15(3,12-17)19-4/h13,16H,5-12H2,1-4H3. The molecule has 1 N–H and O–H groups in total. The molecule has 0 bridgehead atoms. The van der Waals surface area contributed by atoms with Gasteiger partial charge in [0.15, 0.2) is 0 Å². The SMILES string of the molecule is CCCNC(CN1CCCC(C)(OC)C1)C(=O)OCC. The zero-order valence-electron chi connectivity index (χ0n) is 13.4. The Labute approximate surface area is 123 Å². The second kappa shape index (κ2) is 8.60. The van der Waals surface area contributed by atoms with Crippen LogP contribution < -0.4 is 5.32 Å². The van der Waals surface area contributed by atoms with Crippen LogP contribution in [0.2, 0.25) is 0 Å². The molecule has 5 nitrogen and oxygen atoms in total. The minimum Gasteiger partial charge on any atom is -0.465 e. The van der Waals surface area contributed by atoms with Crippen molar-refractivity contribution in [1.82, 2.24) is 10.2 Å². The zero-order valence-corrected chi connectivity index (χ0v) is 13.4. The number of methoxy groups -OCH3 is 1. The van der Waals surface area contributed by atoms with Crippen LogP contribution in [0.3, 0.4) is 0 Å². The monoisotopic (exact) mass is 286 g/mol. The fourth-order valence-electron chi connectivity index (χ4n) is 2.67. The summed E-state index contributed by atoms with van der Waals surface area (Å²) >= 11 is 0. The Morgan fingerprint density at radius 2 is 2.20 bits per heavy atom. The number of rotatable bonds is 8. The molecule has 0 aliphatic carbocycles. The number of carbonyl (C=O) groups excluding carboxylic acids is 1. The molecule has 0 aromatic heterocycles. The number of hydrogen-bond donors (Lipinski definition) is 1. The highest BCUT2D eigenvalue weighted by Gasteiger charge is 2.33. The van der Waals surface area contributed by atoms with Crippen LogP contribution in [0.4, 0.5) is 0 Å². The van der Waals surface area contributed by atoms with Crippen LogP contribution in [0.25, 0.3) is 0 Å². The zero-order chi connectivity index (χ0) is 15.0. The normalized spacial score (nSPS) is 25.4. The van der Waals surface area contributed by atoms with Gasteiger partial charge in [0.1, 0.15) is 6.04 Å². The van der Waals surface area contributed by atoms with Gasteiger partial charge in [0.05, 0.1) is 12.2 Å². The van der Waals surface area contributed by atoms with Crippen molar-refractivity contribution in [1.29, 1.82) is 0 Å². The molecule has 1 rings (SSSR count). The third-order valence-corrected chi connectivity index (χ3v) is 3.88. The van der Waals surface area contributed by atoms with Crippen LogP contribution in [0, 0.1) is 0 Å². The van der Waals surface area contributed by atoms with E-state index in [1.54, 1.807) is 7.11 Å². The largest absolute Gasteiger partial charge is 0.465 e. The average Bonchev–Trinajstić information content (AvgIpc) is 2.44. The molecule has 1 aliphatic rings. The molecule has 0 aromatic rings. The van der Waals surface area contributed by atoms with Crippen LogP contribution in [0.15, 0.2) is 0 Å². The van der Waals surface area contributed by atoms with Gasteiger partial charge in [-0.15, -0.1) is 0 Å². The van der Waals surface area contributed by atoms with E-state index in [2.05, 4.69) is 24.1 Å². The number of carbonyl (C=O) groups is 1. The summed E-state index contributed by atoms with van der Waals surface area (Å²) in [4.78, 5) is 14.3. The molecule has 1 saturated heterocycles. The predicted molar refractivity (Wildman–Crippen MR) is 79.8 cm³/mol. The van der Waals surface area contributed by atoms with Gasteiger partial charge in [0.2, 0.25) is 0 Å². The van der Waals surface area contributed by atoms with Gasteiger partial charge in [-0.25, -0.2) is 0 Å². The molecule has 0 amide bonds. The summed E-state index contributed by atoms with van der Waals surface area (Å²) in [6.45, 7) is 9.92. The highest BCUT2D eigenvalue weighted by Crippen LogP contribution is 2.23. The molecule has 1 fully saturated rings. The Morgan fingerprint density at radius 3 is 2.80 bits per heavy atom. The van der Waals surface area contributed by atoms with E-state index in [9.17, 15) is 4.79 Å². The number of nitrogens with zero attached hydrogens (tertiary/aromatic N) is 1. The summed E-state index contributed by atoms with van der Waals surface area (Å²) in [5, 5.41) is 3.29. The highest BCUT2D eigenvalue weighted by atomic mass is 16.5. The summed E-state index contributed by atoms with van der Waals surface area (Å²) in [6, 6.07) is -0.242. The first-order valence-electron chi connectivity index (χ1n) is 7.72. The number of ether oxygens (including phenoxy) is 2. The van der Waals surface area contributed by atoms with Crippen molar-refractivity contribution in [2.24, 2.45) is 0 Å². The van der Waals surface area contributed by atoms with E-state index < -0.39 is 0 Å². The Kier molecular flexibility index (Phi) is 7.48. The summed E-state index contributed by atoms with van der Waals surface area (Å²) in [7, 11) is 1.77. The molecular weight excluding hydrogens is 256 g/mol. The van der Waals surface area contributed by atoms with E-state index in [-0.39, 0.29) is 17.6 Å².